The zero-order chi connectivity index (χ0) is 10.7. The lowest BCUT2D eigenvalue weighted by atomic mass is 10.2. The van der Waals surface area contributed by atoms with E-state index in [9.17, 15) is 13.6 Å². The van der Waals surface area contributed by atoms with E-state index in [0.717, 1.165) is 12.1 Å². The second-order valence-electron chi connectivity index (χ2n) is 2.58. The van der Waals surface area contributed by atoms with Crippen molar-refractivity contribution < 1.29 is 18.3 Å². The van der Waals surface area contributed by atoms with Crippen LogP contribution in [0.3, 0.4) is 0 Å². The molecule has 0 aliphatic carbocycles. The highest BCUT2D eigenvalue weighted by Crippen LogP contribution is 2.17. The van der Waals surface area contributed by atoms with Crippen molar-refractivity contribution in [2.75, 3.05) is 12.3 Å². The van der Waals surface area contributed by atoms with E-state index in [1.54, 1.807) is 6.92 Å². The molecule has 0 saturated heterocycles. The molecule has 2 N–H and O–H groups in total. The summed E-state index contributed by atoms with van der Waals surface area (Å²) in [4.78, 5) is 11.1. The summed E-state index contributed by atoms with van der Waals surface area (Å²) < 4.78 is 30.6. The van der Waals surface area contributed by atoms with E-state index < -0.39 is 23.2 Å². The van der Waals surface area contributed by atoms with Crippen LogP contribution in [0.25, 0.3) is 0 Å². The molecule has 76 valence electrons. The molecule has 3 nitrogen and oxygen atoms in total. The Balaban J connectivity index is 3.14. The minimum atomic E-state index is -1.03. The van der Waals surface area contributed by atoms with E-state index in [-0.39, 0.29) is 12.3 Å². The maximum atomic E-state index is 13.1. The molecule has 0 fully saturated rings. The van der Waals surface area contributed by atoms with Crippen LogP contribution >= 0.6 is 0 Å². The van der Waals surface area contributed by atoms with E-state index in [2.05, 4.69) is 4.74 Å². The number of benzene rings is 1. The van der Waals surface area contributed by atoms with Gasteiger partial charge in [0, 0.05) is 5.69 Å². The second kappa shape index (κ2) is 4.04. The minimum Gasteiger partial charge on any atom is -0.462 e. The molecule has 0 atom stereocenters. The Kier molecular flexibility index (Phi) is 3.01. The molecule has 14 heavy (non-hydrogen) atoms. The quantitative estimate of drug-likeness (QED) is 0.585. The van der Waals surface area contributed by atoms with Crippen LogP contribution in [0.4, 0.5) is 14.5 Å². The molecule has 0 bridgehead atoms. The van der Waals surface area contributed by atoms with Crippen molar-refractivity contribution in [3.8, 4) is 0 Å². The summed E-state index contributed by atoms with van der Waals surface area (Å²) in [5, 5.41) is 0. The van der Waals surface area contributed by atoms with Crippen LogP contribution in [0.1, 0.15) is 17.3 Å². The summed E-state index contributed by atoms with van der Waals surface area (Å²) >= 11 is 0. The number of esters is 1. The molecule has 0 aliphatic heterocycles. The van der Waals surface area contributed by atoms with E-state index in [1.807, 2.05) is 0 Å². The minimum absolute atomic E-state index is 0.0576. The standard InChI is InChI=1S/C9H9F2NO2/c1-2-14-9(13)8-6(10)3-5(12)4-7(8)11/h3-4H,2,12H2,1H3. The Morgan fingerprint density at radius 3 is 2.36 bits per heavy atom. The van der Waals surface area contributed by atoms with Crippen LogP contribution in [-0.2, 0) is 4.74 Å². The molecule has 0 unspecified atom stereocenters. The van der Waals surface area contributed by atoms with Gasteiger partial charge in [0.05, 0.1) is 6.61 Å². The number of carbonyl (C=O) groups is 1. The molecule has 0 aliphatic rings. The van der Waals surface area contributed by atoms with Crippen molar-refractivity contribution in [1.82, 2.24) is 0 Å². The SMILES string of the molecule is CCOC(=O)c1c(F)cc(N)cc1F. The fourth-order valence-electron chi connectivity index (χ4n) is 0.991. The zero-order valence-electron chi connectivity index (χ0n) is 7.51. The molecule has 0 radical (unpaired) electrons. The summed E-state index contributed by atoms with van der Waals surface area (Å²) in [6.07, 6.45) is 0. The predicted octanol–water partition coefficient (Wildman–Crippen LogP) is 1.72. The molecule has 1 rings (SSSR count). The molecular formula is C9H9F2NO2. The van der Waals surface area contributed by atoms with Gasteiger partial charge in [0.25, 0.3) is 0 Å². The highest BCUT2D eigenvalue weighted by atomic mass is 19.1. The molecule has 1 aromatic carbocycles. The second-order valence-corrected chi connectivity index (χ2v) is 2.58. The third kappa shape index (κ3) is 1.99. The van der Waals surface area contributed by atoms with Gasteiger partial charge in [-0.3, -0.25) is 0 Å². The van der Waals surface area contributed by atoms with Crippen LogP contribution in [0.2, 0.25) is 0 Å². The third-order valence-corrected chi connectivity index (χ3v) is 1.54. The molecule has 5 heteroatoms. The monoisotopic (exact) mass is 201 g/mol. The Morgan fingerprint density at radius 2 is 1.93 bits per heavy atom. The van der Waals surface area contributed by atoms with Crippen LogP contribution < -0.4 is 5.73 Å². The summed E-state index contributed by atoms with van der Waals surface area (Å²) in [5.74, 6) is -3.05. The third-order valence-electron chi connectivity index (χ3n) is 1.54. The average molecular weight is 201 g/mol. The smallest absolute Gasteiger partial charge is 0.344 e. The van der Waals surface area contributed by atoms with Gasteiger partial charge < -0.3 is 10.5 Å². The van der Waals surface area contributed by atoms with Gasteiger partial charge in [0.2, 0.25) is 0 Å². The topological polar surface area (TPSA) is 52.3 Å². The fourth-order valence-corrected chi connectivity index (χ4v) is 0.991. The van der Waals surface area contributed by atoms with Crippen molar-refractivity contribution in [3.05, 3.63) is 29.3 Å². The number of ether oxygens (including phenoxy) is 1. The predicted molar refractivity (Wildman–Crippen MR) is 46.7 cm³/mol. The Bertz CT molecular complexity index is 343. The van der Waals surface area contributed by atoms with Gasteiger partial charge in [0.15, 0.2) is 0 Å². The lowest BCUT2D eigenvalue weighted by Crippen LogP contribution is -2.10. The number of halogens is 2. The highest BCUT2D eigenvalue weighted by molar-refractivity contribution is 5.90. The van der Waals surface area contributed by atoms with Gasteiger partial charge in [-0.15, -0.1) is 0 Å². The molecule has 0 saturated carbocycles. The van der Waals surface area contributed by atoms with E-state index in [4.69, 9.17) is 5.73 Å². The first-order valence-electron chi connectivity index (χ1n) is 3.98. The summed E-state index contributed by atoms with van der Waals surface area (Å²) in [5.41, 5.74) is 4.39. The van der Waals surface area contributed by atoms with E-state index >= 15 is 0 Å². The molecule has 0 spiro atoms. The van der Waals surface area contributed by atoms with Crippen molar-refractivity contribution >= 4 is 11.7 Å². The normalized spacial score (nSPS) is 9.93. The number of hydrogen-bond acceptors (Lipinski definition) is 3. The zero-order valence-corrected chi connectivity index (χ0v) is 7.51. The summed E-state index contributed by atoms with van der Waals surface area (Å²) in [6, 6.07) is 1.74. The van der Waals surface area contributed by atoms with Crippen molar-refractivity contribution in [1.29, 1.82) is 0 Å². The van der Waals surface area contributed by atoms with E-state index in [0.29, 0.717) is 0 Å². The maximum Gasteiger partial charge on any atom is 0.344 e. The number of hydrogen-bond donors (Lipinski definition) is 1. The maximum absolute atomic E-state index is 13.1. The van der Waals surface area contributed by atoms with Gasteiger partial charge in [-0.25, -0.2) is 13.6 Å². The summed E-state index contributed by atoms with van der Waals surface area (Å²) in [7, 11) is 0. The van der Waals surface area contributed by atoms with Crippen LogP contribution in [-0.4, -0.2) is 12.6 Å². The lowest BCUT2D eigenvalue weighted by Gasteiger charge is -2.04. The largest absolute Gasteiger partial charge is 0.462 e. The van der Waals surface area contributed by atoms with Gasteiger partial charge in [0.1, 0.15) is 17.2 Å². The fraction of sp³-hybridized carbons (Fsp3) is 0.222. The van der Waals surface area contributed by atoms with Crippen molar-refractivity contribution in [2.45, 2.75) is 6.92 Å². The Labute approximate surface area is 79.5 Å². The Hall–Kier alpha value is -1.65. The number of rotatable bonds is 2. The molecule has 1 aromatic rings. The average Bonchev–Trinajstić information content (AvgIpc) is 2.01. The van der Waals surface area contributed by atoms with Gasteiger partial charge in [-0.1, -0.05) is 0 Å². The molecular weight excluding hydrogens is 192 g/mol. The molecule has 0 amide bonds. The highest BCUT2D eigenvalue weighted by Gasteiger charge is 2.18. The first-order chi connectivity index (χ1) is 6.56. The summed E-state index contributed by atoms with van der Waals surface area (Å²) in [6.45, 7) is 1.60. The lowest BCUT2D eigenvalue weighted by molar-refractivity contribution is 0.0515. The van der Waals surface area contributed by atoms with Crippen LogP contribution in [0, 0.1) is 11.6 Å². The van der Waals surface area contributed by atoms with Gasteiger partial charge >= 0.3 is 5.97 Å². The number of nitrogen functional groups attached to an aromatic ring is 1. The van der Waals surface area contributed by atoms with Gasteiger partial charge in [-0.2, -0.15) is 0 Å². The van der Waals surface area contributed by atoms with Crippen molar-refractivity contribution in [3.63, 3.8) is 0 Å². The molecule has 0 heterocycles. The van der Waals surface area contributed by atoms with Gasteiger partial charge in [-0.05, 0) is 19.1 Å². The number of nitrogens with two attached hydrogens (primary N) is 1. The number of anilines is 1. The Morgan fingerprint density at radius 1 is 1.43 bits per heavy atom. The van der Waals surface area contributed by atoms with Crippen LogP contribution in [0.5, 0.6) is 0 Å². The number of carbonyl (C=O) groups excluding carboxylic acids is 1. The van der Waals surface area contributed by atoms with E-state index in [1.165, 1.54) is 0 Å². The first kappa shape index (κ1) is 10.4. The van der Waals surface area contributed by atoms with Crippen molar-refractivity contribution in [2.24, 2.45) is 0 Å². The first-order valence-corrected chi connectivity index (χ1v) is 3.98. The van der Waals surface area contributed by atoms with Crippen LogP contribution in [0.15, 0.2) is 12.1 Å². The molecule has 0 aromatic heterocycles.